The monoisotopic (exact) mass is 389 g/mol. The molecule has 28 heavy (non-hydrogen) atoms. The molecule has 0 saturated carbocycles. The molecule has 3 heteroatoms. The molecule has 3 rings (SSSR count). The number of nitrogens with one attached hydrogen (secondary N) is 1. The van der Waals surface area contributed by atoms with Crippen molar-refractivity contribution < 1.29 is 4.79 Å². The fourth-order valence-electron chi connectivity index (χ4n) is 3.16. The number of carbonyl (C=O) groups excluding carboxylic acids is 1. The molecule has 0 aliphatic heterocycles. The third-order valence-corrected chi connectivity index (χ3v) is 5.43. The van der Waals surface area contributed by atoms with Gasteiger partial charge in [0.1, 0.15) is 0 Å². The van der Waals surface area contributed by atoms with Gasteiger partial charge in [0.15, 0.2) is 5.78 Å². The lowest BCUT2D eigenvalue weighted by Crippen LogP contribution is -2.17. The second-order valence-corrected chi connectivity index (χ2v) is 7.77. The molecular weight excluding hydrogens is 362 g/mol. The summed E-state index contributed by atoms with van der Waals surface area (Å²) in [7, 11) is 0. The minimum atomic E-state index is 0.205. The normalized spacial score (nSPS) is 11.8. The van der Waals surface area contributed by atoms with E-state index in [9.17, 15) is 4.79 Å². The Hall–Kier alpha value is -2.65. The second-order valence-electron chi connectivity index (χ2n) is 6.99. The lowest BCUT2D eigenvalue weighted by Gasteiger charge is -2.17. The molecule has 1 heterocycles. The quantitative estimate of drug-likeness (QED) is 0.425. The van der Waals surface area contributed by atoms with E-state index in [0.29, 0.717) is 13.0 Å². The number of ketones is 1. The molecule has 2 aromatic carbocycles. The van der Waals surface area contributed by atoms with Crippen molar-refractivity contribution in [2.75, 3.05) is 0 Å². The third-order valence-electron chi connectivity index (χ3n) is 4.75. The highest BCUT2D eigenvalue weighted by Gasteiger charge is 2.19. The van der Waals surface area contributed by atoms with E-state index in [1.54, 1.807) is 11.3 Å². The van der Waals surface area contributed by atoms with Crippen molar-refractivity contribution in [2.24, 2.45) is 0 Å². The number of allylic oxidation sites excluding steroid dienone is 1. The van der Waals surface area contributed by atoms with Crippen LogP contribution >= 0.6 is 11.3 Å². The maximum absolute atomic E-state index is 13.2. The van der Waals surface area contributed by atoms with Gasteiger partial charge in [0, 0.05) is 18.5 Å². The SMILES string of the molecule is CCCCC(=O)/C(=C(/NCc1ccccc1)c1ccc(C)cc1)c1ccsc1. The van der Waals surface area contributed by atoms with Gasteiger partial charge < -0.3 is 5.32 Å². The van der Waals surface area contributed by atoms with Crippen molar-refractivity contribution in [3.8, 4) is 0 Å². The van der Waals surface area contributed by atoms with Crippen molar-refractivity contribution in [1.29, 1.82) is 0 Å². The molecule has 144 valence electrons. The van der Waals surface area contributed by atoms with Crippen molar-refractivity contribution in [1.82, 2.24) is 5.32 Å². The van der Waals surface area contributed by atoms with E-state index in [0.717, 1.165) is 35.2 Å². The largest absolute Gasteiger partial charge is 0.380 e. The van der Waals surface area contributed by atoms with Crippen LogP contribution < -0.4 is 5.32 Å². The lowest BCUT2D eigenvalue weighted by atomic mass is 9.94. The first-order chi connectivity index (χ1) is 13.7. The Morgan fingerprint density at radius 3 is 2.36 bits per heavy atom. The first-order valence-corrected chi connectivity index (χ1v) is 10.8. The fourth-order valence-corrected chi connectivity index (χ4v) is 3.80. The zero-order valence-electron chi connectivity index (χ0n) is 16.6. The third kappa shape index (κ3) is 5.20. The van der Waals surface area contributed by atoms with Crippen LogP contribution in [-0.4, -0.2) is 5.78 Å². The number of benzene rings is 2. The highest BCUT2D eigenvalue weighted by atomic mass is 32.1. The van der Waals surface area contributed by atoms with Crippen molar-refractivity contribution in [3.05, 3.63) is 93.7 Å². The molecule has 0 aliphatic rings. The number of rotatable bonds is 9. The zero-order valence-corrected chi connectivity index (χ0v) is 17.4. The summed E-state index contributed by atoms with van der Waals surface area (Å²) in [6.45, 7) is 4.88. The highest BCUT2D eigenvalue weighted by molar-refractivity contribution is 7.08. The Bertz CT molecular complexity index is 909. The molecule has 0 unspecified atom stereocenters. The molecule has 1 aromatic heterocycles. The number of thiophene rings is 1. The Balaban J connectivity index is 2.05. The van der Waals surface area contributed by atoms with Crippen LogP contribution in [0.5, 0.6) is 0 Å². The Morgan fingerprint density at radius 2 is 1.71 bits per heavy atom. The van der Waals surface area contributed by atoms with Crippen LogP contribution in [-0.2, 0) is 11.3 Å². The van der Waals surface area contributed by atoms with Gasteiger partial charge in [-0.25, -0.2) is 0 Å². The minimum Gasteiger partial charge on any atom is -0.380 e. The topological polar surface area (TPSA) is 29.1 Å². The Labute approximate surface area is 171 Å². The number of hydrogen-bond acceptors (Lipinski definition) is 3. The molecule has 0 bridgehead atoms. The van der Waals surface area contributed by atoms with E-state index < -0.39 is 0 Å². The summed E-state index contributed by atoms with van der Waals surface area (Å²) in [5.74, 6) is 0.205. The fraction of sp³-hybridized carbons (Fsp3) is 0.240. The number of aryl methyl sites for hydroxylation is 1. The van der Waals surface area contributed by atoms with Crippen LogP contribution in [0.3, 0.4) is 0 Å². The van der Waals surface area contributed by atoms with Gasteiger partial charge in [-0.1, -0.05) is 73.5 Å². The average Bonchev–Trinajstić information content (AvgIpc) is 3.25. The van der Waals surface area contributed by atoms with Gasteiger partial charge in [-0.3, -0.25) is 4.79 Å². The summed E-state index contributed by atoms with van der Waals surface area (Å²) in [5.41, 5.74) is 6.17. The molecule has 0 amide bonds. The molecule has 0 saturated heterocycles. The Morgan fingerprint density at radius 1 is 0.964 bits per heavy atom. The van der Waals surface area contributed by atoms with E-state index >= 15 is 0 Å². The molecule has 0 atom stereocenters. The van der Waals surface area contributed by atoms with Crippen molar-refractivity contribution >= 4 is 28.4 Å². The predicted molar refractivity (Wildman–Crippen MR) is 120 cm³/mol. The van der Waals surface area contributed by atoms with Crippen LogP contribution in [0.15, 0.2) is 71.4 Å². The molecule has 0 spiro atoms. The molecule has 0 fully saturated rings. The minimum absolute atomic E-state index is 0.205. The van der Waals surface area contributed by atoms with Crippen LogP contribution in [0.25, 0.3) is 11.3 Å². The molecule has 0 radical (unpaired) electrons. The first-order valence-electron chi connectivity index (χ1n) is 9.84. The van der Waals surface area contributed by atoms with Gasteiger partial charge in [-0.05, 0) is 46.9 Å². The van der Waals surface area contributed by atoms with Gasteiger partial charge in [-0.2, -0.15) is 11.3 Å². The molecule has 2 nitrogen and oxygen atoms in total. The Kier molecular flexibility index (Phi) is 7.21. The molecule has 0 aliphatic carbocycles. The maximum Gasteiger partial charge on any atom is 0.165 e. The standard InChI is InChI=1S/C25H27NOS/c1-3-4-10-23(27)24(22-15-16-28-18-22)25(21-13-11-19(2)12-14-21)26-17-20-8-6-5-7-9-20/h5-9,11-16,18,26H,3-4,10,17H2,1-2H3/b25-24+. The summed E-state index contributed by atoms with van der Waals surface area (Å²) in [5, 5.41) is 7.68. The summed E-state index contributed by atoms with van der Waals surface area (Å²) in [4.78, 5) is 13.2. The number of Topliss-reactive ketones (excluding diaryl/α,β-unsaturated/α-hetero) is 1. The molecular formula is C25H27NOS. The molecule has 1 N–H and O–H groups in total. The van der Waals surface area contributed by atoms with Crippen LogP contribution in [0.2, 0.25) is 0 Å². The van der Waals surface area contributed by atoms with E-state index in [-0.39, 0.29) is 5.78 Å². The van der Waals surface area contributed by atoms with E-state index in [1.165, 1.54) is 11.1 Å². The average molecular weight is 390 g/mol. The van der Waals surface area contributed by atoms with E-state index in [2.05, 4.69) is 60.9 Å². The van der Waals surface area contributed by atoms with Gasteiger partial charge in [-0.15, -0.1) is 0 Å². The van der Waals surface area contributed by atoms with Crippen molar-refractivity contribution in [3.63, 3.8) is 0 Å². The first kappa shape index (κ1) is 20.1. The summed E-state index contributed by atoms with van der Waals surface area (Å²) in [6.07, 6.45) is 2.50. The van der Waals surface area contributed by atoms with Gasteiger partial charge in [0.2, 0.25) is 0 Å². The second kappa shape index (κ2) is 10.0. The molecule has 3 aromatic rings. The summed E-state index contributed by atoms with van der Waals surface area (Å²) >= 11 is 1.62. The predicted octanol–water partition coefficient (Wildman–Crippen LogP) is 6.47. The number of unbranched alkanes of at least 4 members (excludes halogenated alkanes) is 1. The van der Waals surface area contributed by atoms with E-state index in [1.807, 2.05) is 29.6 Å². The van der Waals surface area contributed by atoms with Crippen LogP contribution in [0, 0.1) is 6.92 Å². The smallest absolute Gasteiger partial charge is 0.165 e. The highest BCUT2D eigenvalue weighted by Crippen LogP contribution is 2.29. The van der Waals surface area contributed by atoms with Gasteiger partial charge >= 0.3 is 0 Å². The maximum atomic E-state index is 13.2. The van der Waals surface area contributed by atoms with Crippen LogP contribution in [0.4, 0.5) is 0 Å². The number of hydrogen-bond donors (Lipinski definition) is 1. The summed E-state index contributed by atoms with van der Waals surface area (Å²) < 4.78 is 0. The number of carbonyl (C=O) groups is 1. The lowest BCUT2D eigenvalue weighted by molar-refractivity contribution is -0.113. The van der Waals surface area contributed by atoms with Gasteiger partial charge in [0.25, 0.3) is 0 Å². The van der Waals surface area contributed by atoms with Gasteiger partial charge in [0.05, 0.1) is 5.70 Å². The van der Waals surface area contributed by atoms with Crippen molar-refractivity contribution in [2.45, 2.75) is 39.7 Å². The summed E-state index contributed by atoms with van der Waals surface area (Å²) in [6, 6.07) is 20.7. The zero-order chi connectivity index (χ0) is 19.8. The van der Waals surface area contributed by atoms with E-state index in [4.69, 9.17) is 0 Å². The van der Waals surface area contributed by atoms with Crippen LogP contribution in [0.1, 0.15) is 48.4 Å².